The average molecular weight is 421 g/mol. The number of hydrogen-bond donors (Lipinski definition) is 0. The van der Waals surface area contributed by atoms with Crippen molar-refractivity contribution in [2.75, 3.05) is 32.8 Å². The highest BCUT2D eigenvalue weighted by atomic mass is 16.5. The predicted molar refractivity (Wildman–Crippen MR) is 118 cm³/mol. The van der Waals surface area contributed by atoms with Crippen molar-refractivity contribution in [2.24, 2.45) is 0 Å². The second kappa shape index (κ2) is 9.31. The fourth-order valence-corrected chi connectivity index (χ4v) is 3.68. The van der Waals surface area contributed by atoms with E-state index < -0.39 is 0 Å². The van der Waals surface area contributed by atoms with Crippen LogP contribution in [0.15, 0.2) is 47.0 Å². The minimum Gasteiger partial charge on any atom is -0.484 e. The molecule has 0 unspecified atom stereocenters. The first-order chi connectivity index (χ1) is 15.0. The third kappa shape index (κ3) is 5.30. The minimum atomic E-state index is 0.0130. The van der Waals surface area contributed by atoms with Crippen molar-refractivity contribution in [3.8, 4) is 17.1 Å². The van der Waals surface area contributed by atoms with Crippen molar-refractivity contribution in [3.05, 3.63) is 65.0 Å². The zero-order valence-electron chi connectivity index (χ0n) is 18.3. The van der Waals surface area contributed by atoms with Crippen molar-refractivity contribution in [1.82, 2.24) is 19.9 Å². The van der Waals surface area contributed by atoms with E-state index in [1.54, 1.807) is 0 Å². The van der Waals surface area contributed by atoms with Gasteiger partial charge in [-0.1, -0.05) is 52.7 Å². The van der Waals surface area contributed by atoms with Gasteiger partial charge in [0, 0.05) is 31.7 Å². The van der Waals surface area contributed by atoms with E-state index in [1.165, 1.54) is 11.1 Å². The van der Waals surface area contributed by atoms with Crippen LogP contribution in [-0.2, 0) is 11.3 Å². The molecule has 1 aliphatic heterocycles. The molecule has 7 heteroatoms. The highest BCUT2D eigenvalue weighted by molar-refractivity contribution is 5.78. The van der Waals surface area contributed by atoms with Gasteiger partial charge in [-0.2, -0.15) is 4.98 Å². The molecule has 4 rings (SSSR count). The van der Waals surface area contributed by atoms with Crippen molar-refractivity contribution >= 4 is 5.91 Å². The molecule has 7 nitrogen and oxygen atoms in total. The molecule has 0 aliphatic carbocycles. The van der Waals surface area contributed by atoms with Gasteiger partial charge in [-0.15, -0.1) is 0 Å². The SMILES string of the molecule is Cc1ccc(-c2noc(CN3CCN(C(=O)COc4ccc(C)cc4C)CC3)n2)cc1. The van der Waals surface area contributed by atoms with Crippen molar-refractivity contribution in [2.45, 2.75) is 27.3 Å². The molecule has 3 aromatic rings. The second-order valence-corrected chi connectivity index (χ2v) is 8.09. The van der Waals surface area contributed by atoms with Crippen LogP contribution in [0, 0.1) is 20.8 Å². The summed E-state index contributed by atoms with van der Waals surface area (Å²) < 4.78 is 11.2. The summed E-state index contributed by atoms with van der Waals surface area (Å²) in [4.78, 5) is 21.1. The highest BCUT2D eigenvalue weighted by Gasteiger charge is 2.23. The first kappa shape index (κ1) is 21.1. The molecule has 0 saturated carbocycles. The van der Waals surface area contributed by atoms with Gasteiger partial charge in [0.2, 0.25) is 11.7 Å². The van der Waals surface area contributed by atoms with Crippen LogP contribution in [0.3, 0.4) is 0 Å². The van der Waals surface area contributed by atoms with Crippen LogP contribution in [0.5, 0.6) is 5.75 Å². The molecule has 1 aromatic heterocycles. The van der Waals surface area contributed by atoms with Crippen molar-refractivity contribution in [1.29, 1.82) is 0 Å². The van der Waals surface area contributed by atoms with Crippen molar-refractivity contribution in [3.63, 3.8) is 0 Å². The van der Waals surface area contributed by atoms with Crippen LogP contribution in [0.25, 0.3) is 11.4 Å². The molecule has 0 bridgehead atoms. The van der Waals surface area contributed by atoms with Gasteiger partial charge >= 0.3 is 0 Å². The number of nitrogens with zero attached hydrogens (tertiary/aromatic N) is 4. The Morgan fingerprint density at radius 3 is 2.42 bits per heavy atom. The zero-order valence-corrected chi connectivity index (χ0v) is 18.3. The fraction of sp³-hybridized carbons (Fsp3) is 0.375. The number of carbonyl (C=O) groups excluding carboxylic acids is 1. The lowest BCUT2D eigenvalue weighted by molar-refractivity contribution is -0.135. The summed E-state index contributed by atoms with van der Waals surface area (Å²) in [7, 11) is 0. The Hall–Kier alpha value is -3.19. The van der Waals surface area contributed by atoms with E-state index in [0.717, 1.165) is 30.0 Å². The van der Waals surface area contributed by atoms with E-state index in [0.29, 0.717) is 31.3 Å². The summed E-state index contributed by atoms with van der Waals surface area (Å²) in [6.45, 7) is 9.57. The van der Waals surface area contributed by atoms with E-state index >= 15 is 0 Å². The number of carbonyl (C=O) groups is 1. The first-order valence-corrected chi connectivity index (χ1v) is 10.6. The van der Waals surface area contributed by atoms with Crippen LogP contribution in [0.1, 0.15) is 22.6 Å². The fourth-order valence-electron chi connectivity index (χ4n) is 3.68. The van der Waals surface area contributed by atoms with Gasteiger partial charge in [0.25, 0.3) is 5.91 Å². The molecule has 0 atom stereocenters. The average Bonchev–Trinajstić information content (AvgIpc) is 3.22. The summed E-state index contributed by atoms with van der Waals surface area (Å²) in [5, 5.41) is 4.10. The van der Waals surface area contributed by atoms with Gasteiger partial charge in [0.1, 0.15) is 5.75 Å². The molecule has 1 saturated heterocycles. The molecule has 1 fully saturated rings. The Kier molecular flexibility index (Phi) is 6.32. The summed E-state index contributed by atoms with van der Waals surface area (Å²) in [5.41, 5.74) is 4.36. The van der Waals surface area contributed by atoms with E-state index in [9.17, 15) is 4.79 Å². The number of ether oxygens (including phenoxy) is 1. The van der Waals surface area contributed by atoms with Gasteiger partial charge in [0.05, 0.1) is 6.54 Å². The Labute approximate surface area is 182 Å². The van der Waals surface area contributed by atoms with Crippen LogP contribution < -0.4 is 4.74 Å². The van der Waals surface area contributed by atoms with E-state index in [2.05, 4.69) is 21.1 Å². The maximum atomic E-state index is 12.5. The van der Waals surface area contributed by atoms with Crippen LogP contribution >= 0.6 is 0 Å². The number of aryl methyl sites for hydroxylation is 3. The summed E-state index contributed by atoms with van der Waals surface area (Å²) in [6, 6.07) is 14.0. The van der Waals surface area contributed by atoms with Gasteiger partial charge < -0.3 is 14.2 Å². The molecule has 0 radical (unpaired) electrons. The maximum Gasteiger partial charge on any atom is 0.260 e. The van der Waals surface area contributed by atoms with Crippen LogP contribution in [0.4, 0.5) is 0 Å². The van der Waals surface area contributed by atoms with E-state index in [4.69, 9.17) is 9.26 Å². The highest BCUT2D eigenvalue weighted by Crippen LogP contribution is 2.19. The number of benzene rings is 2. The van der Waals surface area contributed by atoms with Gasteiger partial charge in [-0.3, -0.25) is 9.69 Å². The Bertz CT molecular complexity index is 1040. The third-order valence-corrected chi connectivity index (χ3v) is 5.54. The molecule has 2 heterocycles. The Balaban J connectivity index is 1.25. The molecule has 162 valence electrons. The molecule has 0 N–H and O–H groups in total. The van der Waals surface area contributed by atoms with Gasteiger partial charge in [0.15, 0.2) is 6.61 Å². The Morgan fingerprint density at radius 1 is 1.00 bits per heavy atom. The largest absolute Gasteiger partial charge is 0.484 e. The molecule has 1 aliphatic rings. The molecule has 0 spiro atoms. The molecule has 2 aromatic carbocycles. The number of piperazine rings is 1. The van der Waals surface area contributed by atoms with Crippen LogP contribution in [0.2, 0.25) is 0 Å². The molecule has 31 heavy (non-hydrogen) atoms. The lowest BCUT2D eigenvalue weighted by Gasteiger charge is -2.33. The van der Waals surface area contributed by atoms with Gasteiger partial charge in [-0.25, -0.2) is 0 Å². The quantitative estimate of drug-likeness (QED) is 0.609. The second-order valence-electron chi connectivity index (χ2n) is 8.09. The van der Waals surface area contributed by atoms with Crippen LogP contribution in [-0.4, -0.2) is 58.6 Å². The monoisotopic (exact) mass is 420 g/mol. The molecular weight excluding hydrogens is 392 g/mol. The smallest absolute Gasteiger partial charge is 0.260 e. The van der Waals surface area contributed by atoms with Crippen molar-refractivity contribution < 1.29 is 14.1 Å². The Morgan fingerprint density at radius 2 is 1.71 bits per heavy atom. The standard InChI is InChI=1S/C24H28N4O3/c1-17-4-7-20(8-5-17)24-25-22(31-26-24)15-27-10-12-28(13-11-27)23(29)16-30-21-9-6-18(2)14-19(21)3/h4-9,14H,10-13,15-16H2,1-3H3. The summed E-state index contributed by atoms with van der Waals surface area (Å²) >= 11 is 0. The van der Waals surface area contributed by atoms with E-state index in [-0.39, 0.29) is 12.5 Å². The first-order valence-electron chi connectivity index (χ1n) is 10.6. The minimum absolute atomic E-state index is 0.0130. The zero-order chi connectivity index (χ0) is 21.8. The number of hydrogen-bond acceptors (Lipinski definition) is 6. The maximum absolute atomic E-state index is 12.5. The third-order valence-electron chi connectivity index (χ3n) is 5.54. The number of amides is 1. The number of aromatic nitrogens is 2. The lowest BCUT2D eigenvalue weighted by Crippen LogP contribution is -2.49. The predicted octanol–water partition coefficient (Wildman–Crippen LogP) is 3.39. The lowest BCUT2D eigenvalue weighted by atomic mass is 10.1. The van der Waals surface area contributed by atoms with E-state index in [1.807, 2.05) is 62.1 Å². The summed E-state index contributed by atoms with van der Waals surface area (Å²) in [6.07, 6.45) is 0. The molecule has 1 amide bonds. The molecular formula is C24H28N4O3. The number of rotatable bonds is 6. The normalized spacial score (nSPS) is 14.6. The summed E-state index contributed by atoms with van der Waals surface area (Å²) in [5.74, 6) is 1.97. The van der Waals surface area contributed by atoms with Gasteiger partial charge in [-0.05, 0) is 32.4 Å². The topological polar surface area (TPSA) is 71.7 Å².